The van der Waals surface area contributed by atoms with Gasteiger partial charge in [-0.2, -0.15) is 0 Å². The third-order valence-corrected chi connectivity index (χ3v) is 6.86. The zero-order valence-corrected chi connectivity index (χ0v) is 19.1. The quantitative estimate of drug-likeness (QED) is 0.263. The molecule has 0 aliphatic rings. The first-order valence-electron chi connectivity index (χ1n) is 7.34. The Balaban J connectivity index is 1.91. The lowest BCUT2D eigenvalue weighted by atomic mass is 10.1. The van der Waals surface area contributed by atoms with Gasteiger partial charge in [0, 0.05) is 23.8 Å². The number of aliphatic hydroxyl groups excluding tert-OH is 1. The van der Waals surface area contributed by atoms with E-state index < -0.39 is 0 Å². The molecule has 1 heterocycles. The molecule has 8 heteroatoms. The molecule has 0 fully saturated rings. The second-order valence-electron chi connectivity index (χ2n) is 5.32. The first kappa shape index (κ1) is 19.9. The highest BCUT2D eigenvalue weighted by atomic mass is 127. The predicted octanol–water partition coefficient (Wildman–Crippen LogP) is 6.47. The largest absolute Gasteiger partial charge is 0.459 e. The maximum Gasteiger partial charge on any atom is 0.256 e. The van der Waals surface area contributed by atoms with E-state index in [0.717, 1.165) is 12.5 Å². The lowest BCUT2D eigenvalue weighted by Crippen LogP contribution is -2.13. The van der Waals surface area contributed by atoms with Crippen LogP contribution in [0.5, 0.6) is 0 Å². The van der Waals surface area contributed by atoms with Gasteiger partial charge in [-0.05, 0) is 81.0 Å². The van der Waals surface area contributed by atoms with E-state index in [-0.39, 0.29) is 12.5 Å². The molecule has 0 aliphatic heterocycles. The third-order valence-electron chi connectivity index (χ3n) is 3.54. The van der Waals surface area contributed by atoms with Gasteiger partial charge >= 0.3 is 0 Å². The van der Waals surface area contributed by atoms with Crippen molar-refractivity contribution in [2.75, 3.05) is 5.32 Å². The molecule has 134 valence electrons. The second-order valence-corrected chi connectivity index (χ2v) is 8.58. The van der Waals surface area contributed by atoms with E-state index in [9.17, 15) is 4.79 Å². The summed E-state index contributed by atoms with van der Waals surface area (Å²) in [4.78, 5) is 12.7. The number of hydrogen-bond donors (Lipinski definition) is 2. The molecule has 0 spiro atoms. The number of aliphatic hydroxyl groups is 1. The van der Waals surface area contributed by atoms with Crippen LogP contribution in [-0.4, -0.2) is 11.0 Å². The van der Waals surface area contributed by atoms with Crippen molar-refractivity contribution in [1.82, 2.24) is 0 Å². The number of nitrogens with one attached hydrogen (secondary N) is 1. The van der Waals surface area contributed by atoms with Gasteiger partial charge in [-0.15, -0.1) is 0 Å². The highest BCUT2D eigenvalue weighted by molar-refractivity contribution is 14.1. The van der Waals surface area contributed by atoms with Gasteiger partial charge in [0.15, 0.2) is 0 Å². The van der Waals surface area contributed by atoms with Gasteiger partial charge in [-0.3, -0.25) is 4.79 Å². The molecule has 0 aliphatic carbocycles. The molecule has 0 saturated heterocycles. The summed E-state index contributed by atoms with van der Waals surface area (Å²) in [6, 6.07) is 12.2. The van der Waals surface area contributed by atoms with Crippen LogP contribution < -0.4 is 5.32 Å². The lowest BCUT2D eigenvalue weighted by molar-refractivity contribution is 0.102. The van der Waals surface area contributed by atoms with Crippen molar-refractivity contribution in [2.24, 2.45) is 0 Å². The molecular formula is C18H11Br2ClINO3. The normalized spacial score (nSPS) is 10.8. The van der Waals surface area contributed by atoms with Crippen molar-refractivity contribution < 1.29 is 14.3 Å². The number of carbonyl (C=O) groups excluding carboxylic acids is 1. The van der Waals surface area contributed by atoms with Gasteiger partial charge in [0.05, 0.1) is 10.6 Å². The van der Waals surface area contributed by atoms with E-state index in [2.05, 4.69) is 59.8 Å². The summed E-state index contributed by atoms with van der Waals surface area (Å²) in [5.41, 5.74) is 1.77. The van der Waals surface area contributed by atoms with Gasteiger partial charge in [-0.25, -0.2) is 0 Å². The summed E-state index contributed by atoms with van der Waals surface area (Å²) in [5, 5.41) is 12.5. The highest BCUT2D eigenvalue weighted by Gasteiger charge is 2.15. The number of amides is 1. The van der Waals surface area contributed by atoms with Crippen LogP contribution in [0.15, 0.2) is 55.8 Å². The van der Waals surface area contributed by atoms with Crippen LogP contribution >= 0.6 is 66.1 Å². The van der Waals surface area contributed by atoms with E-state index in [0.29, 0.717) is 33.4 Å². The molecule has 3 rings (SSSR count). The number of furan rings is 1. The van der Waals surface area contributed by atoms with Crippen molar-refractivity contribution in [1.29, 1.82) is 0 Å². The van der Waals surface area contributed by atoms with Crippen molar-refractivity contribution in [3.05, 3.63) is 71.3 Å². The van der Waals surface area contributed by atoms with Crippen molar-refractivity contribution >= 4 is 77.6 Å². The van der Waals surface area contributed by atoms with Crippen LogP contribution in [0.1, 0.15) is 16.1 Å². The van der Waals surface area contributed by atoms with Gasteiger partial charge in [0.25, 0.3) is 5.91 Å². The molecular weight excluding hydrogens is 600 g/mol. The summed E-state index contributed by atoms with van der Waals surface area (Å²) in [7, 11) is 0. The summed E-state index contributed by atoms with van der Waals surface area (Å²) < 4.78 is 7.99. The first-order chi connectivity index (χ1) is 12.4. The second kappa shape index (κ2) is 8.43. The SMILES string of the molecule is O=C(Nc1ccc(Cl)c(-c2ccc(CO)o2)c1)c1cc(Br)cc(Br)c1I. The Hall–Kier alpha value is -0.870. The van der Waals surface area contributed by atoms with Crippen molar-refractivity contribution in [3.8, 4) is 11.3 Å². The Morgan fingerprint density at radius 2 is 1.96 bits per heavy atom. The number of halogens is 4. The molecule has 0 saturated carbocycles. The molecule has 0 bridgehead atoms. The molecule has 2 N–H and O–H groups in total. The van der Waals surface area contributed by atoms with Crippen LogP contribution in [0.25, 0.3) is 11.3 Å². The monoisotopic (exact) mass is 609 g/mol. The Kier molecular flexibility index (Phi) is 6.45. The fraction of sp³-hybridized carbons (Fsp3) is 0.0556. The minimum Gasteiger partial charge on any atom is -0.459 e. The molecule has 1 aromatic heterocycles. The van der Waals surface area contributed by atoms with E-state index in [1.807, 2.05) is 6.07 Å². The topological polar surface area (TPSA) is 62.5 Å². The minimum atomic E-state index is -0.236. The average Bonchev–Trinajstić information content (AvgIpc) is 3.08. The number of benzene rings is 2. The van der Waals surface area contributed by atoms with Gasteiger partial charge < -0.3 is 14.8 Å². The molecule has 3 aromatic rings. The number of hydrogen-bond acceptors (Lipinski definition) is 3. The van der Waals surface area contributed by atoms with Gasteiger partial charge in [0.1, 0.15) is 18.1 Å². The summed E-state index contributed by atoms with van der Waals surface area (Å²) in [5.74, 6) is 0.731. The number of anilines is 1. The summed E-state index contributed by atoms with van der Waals surface area (Å²) >= 11 is 15.2. The zero-order valence-electron chi connectivity index (χ0n) is 13.0. The fourth-order valence-electron chi connectivity index (χ4n) is 2.32. The number of carbonyl (C=O) groups is 1. The first-order valence-corrected chi connectivity index (χ1v) is 10.4. The molecule has 4 nitrogen and oxygen atoms in total. The molecule has 0 radical (unpaired) electrons. The Bertz CT molecular complexity index is 991. The van der Waals surface area contributed by atoms with Crippen LogP contribution in [0.4, 0.5) is 5.69 Å². The third kappa shape index (κ3) is 4.33. The Morgan fingerprint density at radius 3 is 2.65 bits per heavy atom. The lowest BCUT2D eigenvalue weighted by Gasteiger charge is -2.10. The fourth-order valence-corrected chi connectivity index (χ4v) is 4.31. The van der Waals surface area contributed by atoms with E-state index in [4.69, 9.17) is 21.1 Å². The summed E-state index contributed by atoms with van der Waals surface area (Å²) in [6.45, 7) is -0.190. The highest BCUT2D eigenvalue weighted by Crippen LogP contribution is 2.33. The number of rotatable bonds is 4. The molecule has 1 amide bonds. The zero-order chi connectivity index (χ0) is 18.8. The average molecular weight is 611 g/mol. The minimum absolute atomic E-state index is 0.190. The molecule has 2 aromatic carbocycles. The maximum atomic E-state index is 12.7. The van der Waals surface area contributed by atoms with Crippen LogP contribution in [0, 0.1) is 3.57 Å². The molecule has 26 heavy (non-hydrogen) atoms. The van der Waals surface area contributed by atoms with Gasteiger partial charge in [-0.1, -0.05) is 27.5 Å². The Labute approximate surface area is 185 Å². The summed E-state index contributed by atoms with van der Waals surface area (Å²) in [6.07, 6.45) is 0. The van der Waals surface area contributed by atoms with Crippen molar-refractivity contribution in [3.63, 3.8) is 0 Å². The van der Waals surface area contributed by atoms with Crippen LogP contribution in [0.2, 0.25) is 5.02 Å². The van der Waals surface area contributed by atoms with Crippen LogP contribution in [-0.2, 0) is 6.61 Å². The van der Waals surface area contributed by atoms with E-state index >= 15 is 0 Å². The van der Waals surface area contributed by atoms with Crippen LogP contribution in [0.3, 0.4) is 0 Å². The molecule has 0 unspecified atom stereocenters. The molecule has 0 atom stereocenters. The van der Waals surface area contributed by atoms with E-state index in [1.165, 1.54) is 0 Å². The van der Waals surface area contributed by atoms with Gasteiger partial charge in [0.2, 0.25) is 0 Å². The maximum absolute atomic E-state index is 12.7. The predicted molar refractivity (Wildman–Crippen MR) is 118 cm³/mol. The van der Waals surface area contributed by atoms with E-state index in [1.54, 1.807) is 36.4 Å². The smallest absolute Gasteiger partial charge is 0.256 e. The Morgan fingerprint density at radius 1 is 1.19 bits per heavy atom. The standard InChI is InChI=1S/C18H11Br2ClINO3/c19-9-5-13(17(22)14(20)6-9)18(25)23-10-1-3-15(21)12(7-10)16-4-2-11(8-24)26-16/h1-7,24H,8H2,(H,23,25). The van der Waals surface area contributed by atoms with Crippen molar-refractivity contribution in [2.45, 2.75) is 6.61 Å².